The van der Waals surface area contributed by atoms with Crippen LogP contribution in [0.25, 0.3) is 0 Å². The summed E-state index contributed by atoms with van der Waals surface area (Å²) in [6, 6.07) is 0. The summed E-state index contributed by atoms with van der Waals surface area (Å²) in [6.45, 7) is -0.431. The standard InChI is InChI=1S/C5H12O6/c1-4(8,9)3(7)5(10,11)2-6/h3,6-11H,2H2,1H3. The Morgan fingerprint density at radius 3 is 1.64 bits per heavy atom. The first-order chi connectivity index (χ1) is 4.72. The largest absolute Gasteiger partial charge is 0.391 e. The molecule has 0 aromatic heterocycles. The number of hydrogen-bond acceptors (Lipinski definition) is 6. The molecule has 11 heavy (non-hydrogen) atoms. The van der Waals surface area contributed by atoms with Gasteiger partial charge in [-0.05, 0) is 6.92 Å². The van der Waals surface area contributed by atoms with Crippen molar-refractivity contribution >= 4 is 0 Å². The summed E-state index contributed by atoms with van der Waals surface area (Å²) >= 11 is 0. The van der Waals surface area contributed by atoms with Gasteiger partial charge in [0, 0.05) is 0 Å². The fraction of sp³-hybridized carbons (Fsp3) is 1.00. The Bertz CT molecular complexity index is 125. The van der Waals surface area contributed by atoms with E-state index in [2.05, 4.69) is 0 Å². The smallest absolute Gasteiger partial charge is 0.218 e. The fourth-order valence-electron chi connectivity index (χ4n) is 0.524. The average molecular weight is 168 g/mol. The van der Waals surface area contributed by atoms with Crippen molar-refractivity contribution in [3.8, 4) is 0 Å². The summed E-state index contributed by atoms with van der Waals surface area (Å²) in [5.41, 5.74) is 0. The van der Waals surface area contributed by atoms with Crippen LogP contribution >= 0.6 is 0 Å². The lowest BCUT2D eigenvalue weighted by atomic mass is 10.0. The Labute approximate surface area is 63.0 Å². The average Bonchev–Trinajstić information content (AvgIpc) is 1.84. The molecule has 1 unspecified atom stereocenters. The molecule has 68 valence electrons. The minimum atomic E-state index is -2.90. The Hall–Kier alpha value is -0.240. The van der Waals surface area contributed by atoms with E-state index in [1.807, 2.05) is 0 Å². The Balaban J connectivity index is 4.35. The van der Waals surface area contributed by atoms with Crippen LogP contribution in [0, 0.1) is 0 Å². The lowest BCUT2D eigenvalue weighted by molar-refractivity contribution is -0.325. The van der Waals surface area contributed by atoms with Gasteiger partial charge in [0.15, 0.2) is 11.9 Å². The molecule has 0 aliphatic carbocycles. The second-order valence-corrected chi connectivity index (χ2v) is 2.53. The van der Waals surface area contributed by atoms with E-state index in [0.717, 1.165) is 6.92 Å². The maximum atomic E-state index is 8.75. The van der Waals surface area contributed by atoms with Gasteiger partial charge in [-0.25, -0.2) is 0 Å². The highest BCUT2D eigenvalue weighted by atomic mass is 16.6. The van der Waals surface area contributed by atoms with Crippen LogP contribution in [0.3, 0.4) is 0 Å². The van der Waals surface area contributed by atoms with Gasteiger partial charge in [-0.1, -0.05) is 0 Å². The van der Waals surface area contributed by atoms with Crippen molar-refractivity contribution in [2.24, 2.45) is 0 Å². The molecule has 0 amide bonds. The van der Waals surface area contributed by atoms with Crippen LogP contribution in [-0.2, 0) is 0 Å². The maximum absolute atomic E-state index is 8.75. The molecule has 0 saturated carbocycles. The van der Waals surface area contributed by atoms with Gasteiger partial charge in [-0.2, -0.15) is 0 Å². The van der Waals surface area contributed by atoms with E-state index in [1.165, 1.54) is 0 Å². The van der Waals surface area contributed by atoms with E-state index in [-0.39, 0.29) is 0 Å². The molecule has 6 N–H and O–H groups in total. The minimum Gasteiger partial charge on any atom is -0.391 e. The normalized spacial score (nSPS) is 16.6. The summed E-state index contributed by atoms with van der Waals surface area (Å²) in [4.78, 5) is 0. The third-order valence-corrected chi connectivity index (χ3v) is 1.19. The van der Waals surface area contributed by atoms with Crippen LogP contribution in [0.5, 0.6) is 0 Å². The first-order valence-corrected chi connectivity index (χ1v) is 2.90. The highest BCUT2D eigenvalue weighted by molar-refractivity contribution is 4.82. The summed E-state index contributed by atoms with van der Waals surface area (Å²) in [5, 5.41) is 51.6. The van der Waals surface area contributed by atoms with Gasteiger partial charge in [0.1, 0.15) is 0 Å². The van der Waals surface area contributed by atoms with Gasteiger partial charge < -0.3 is 30.6 Å². The monoisotopic (exact) mass is 168 g/mol. The van der Waals surface area contributed by atoms with Crippen molar-refractivity contribution in [3.05, 3.63) is 0 Å². The molecule has 0 aliphatic heterocycles. The number of hydrogen-bond donors (Lipinski definition) is 6. The Morgan fingerprint density at radius 2 is 1.55 bits per heavy atom. The zero-order valence-electron chi connectivity index (χ0n) is 5.97. The van der Waals surface area contributed by atoms with E-state index < -0.39 is 24.3 Å². The molecule has 0 aromatic rings. The predicted octanol–water partition coefficient (Wildman–Crippen LogP) is -3.28. The van der Waals surface area contributed by atoms with Crippen molar-refractivity contribution in [2.75, 3.05) is 6.61 Å². The molecule has 0 heterocycles. The molecule has 1 atom stereocenters. The molecular weight excluding hydrogens is 156 g/mol. The number of rotatable bonds is 3. The molecule has 0 aromatic carbocycles. The van der Waals surface area contributed by atoms with Crippen LogP contribution in [0.2, 0.25) is 0 Å². The van der Waals surface area contributed by atoms with E-state index >= 15 is 0 Å². The molecule has 6 heteroatoms. The van der Waals surface area contributed by atoms with Gasteiger partial charge >= 0.3 is 0 Å². The lowest BCUT2D eigenvalue weighted by Gasteiger charge is -2.32. The molecule has 0 radical (unpaired) electrons. The quantitative estimate of drug-likeness (QED) is 0.246. The highest BCUT2D eigenvalue weighted by Gasteiger charge is 2.43. The van der Waals surface area contributed by atoms with Crippen LogP contribution in [0.4, 0.5) is 0 Å². The maximum Gasteiger partial charge on any atom is 0.218 e. The molecule has 0 saturated heterocycles. The molecule has 0 rings (SSSR count). The first kappa shape index (κ1) is 10.8. The SMILES string of the molecule is CC(O)(O)C(O)C(O)(O)CO. The van der Waals surface area contributed by atoms with Gasteiger partial charge in [0.05, 0.1) is 6.61 Å². The van der Waals surface area contributed by atoms with Crippen LogP contribution < -0.4 is 0 Å². The van der Waals surface area contributed by atoms with E-state index in [9.17, 15) is 0 Å². The lowest BCUT2D eigenvalue weighted by Crippen LogP contribution is -2.57. The van der Waals surface area contributed by atoms with Gasteiger partial charge in [-0.15, -0.1) is 0 Å². The molecular formula is C5H12O6. The number of aliphatic hydroxyl groups excluding tert-OH is 2. The van der Waals surface area contributed by atoms with Gasteiger partial charge in [-0.3, -0.25) is 0 Å². The fourth-order valence-corrected chi connectivity index (χ4v) is 0.524. The summed E-state index contributed by atoms with van der Waals surface area (Å²) < 4.78 is 0. The first-order valence-electron chi connectivity index (χ1n) is 2.90. The van der Waals surface area contributed by atoms with Crippen molar-refractivity contribution in [3.63, 3.8) is 0 Å². The molecule has 0 spiro atoms. The van der Waals surface area contributed by atoms with Crippen molar-refractivity contribution in [1.82, 2.24) is 0 Å². The van der Waals surface area contributed by atoms with Crippen molar-refractivity contribution < 1.29 is 30.6 Å². The Morgan fingerprint density at radius 1 is 1.18 bits per heavy atom. The zero-order valence-corrected chi connectivity index (χ0v) is 5.97. The predicted molar refractivity (Wildman–Crippen MR) is 33.1 cm³/mol. The van der Waals surface area contributed by atoms with Crippen molar-refractivity contribution in [1.29, 1.82) is 0 Å². The molecule has 0 bridgehead atoms. The van der Waals surface area contributed by atoms with Gasteiger partial charge in [0.2, 0.25) is 5.79 Å². The Kier molecular flexibility index (Phi) is 2.95. The molecule has 6 nitrogen and oxygen atoms in total. The van der Waals surface area contributed by atoms with E-state index in [0.29, 0.717) is 0 Å². The zero-order chi connectivity index (χ0) is 9.28. The van der Waals surface area contributed by atoms with Crippen LogP contribution in [-0.4, -0.2) is 54.9 Å². The molecule has 0 aliphatic rings. The minimum absolute atomic E-state index is 0.758. The van der Waals surface area contributed by atoms with E-state index in [4.69, 9.17) is 30.6 Å². The second-order valence-electron chi connectivity index (χ2n) is 2.53. The number of aliphatic hydroxyl groups is 6. The van der Waals surface area contributed by atoms with E-state index in [1.54, 1.807) is 0 Å². The van der Waals surface area contributed by atoms with Crippen LogP contribution in [0.15, 0.2) is 0 Å². The van der Waals surface area contributed by atoms with Crippen LogP contribution in [0.1, 0.15) is 6.92 Å². The topological polar surface area (TPSA) is 121 Å². The van der Waals surface area contributed by atoms with Crippen molar-refractivity contribution in [2.45, 2.75) is 24.6 Å². The summed E-state index contributed by atoms with van der Waals surface area (Å²) in [6.07, 6.45) is -2.25. The molecule has 0 fully saturated rings. The third kappa shape index (κ3) is 2.70. The second kappa shape index (κ2) is 3.02. The summed E-state index contributed by atoms with van der Waals surface area (Å²) in [7, 11) is 0. The van der Waals surface area contributed by atoms with Gasteiger partial charge in [0.25, 0.3) is 0 Å². The summed E-state index contributed by atoms with van der Waals surface area (Å²) in [5.74, 6) is -5.56. The highest BCUT2D eigenvalue weighted by Crippen LogP contribution is 2.16. The third-order valence-electron chi connectivity index (χ3n) is 1.19.